The van der Waals surface area contributed by atoms with Crippen molar-refractivity contribution in [1.29, 1.82) is 0 Å². The predicted molar refractivity (Wildman–Crippen MR) is 155 cm³/mol. The van der Waals surface area contributed by atoms with E-state index < -0.39 is 17.8 Å². The van der Waals surface area contributed by atoms with E-state index in [9.17, 15) is 14.4 Å². The SMILES string of the molecule is NC(=O)c1ccccc1-c1cccc2onc(CCC3CCN(Cc4ccccc4)CC3)c12.O=C(O)/C=C\C(=O)O. The van der Waals surface area contributed by atoms with E-state index >= 15 is 0 Å². The summed E-state index contributed by atoms with van der Waals surface area (Å²) >= 11 is 0. The molecule has 9 nitrogen and oxygen atoms in total. The second kappa shape index (κ2) is 14.0. The number of hydrogen-bond acceptors (Lipinski definition) is 6. The minimum atomic E-state index is -1.26. The summed E-state index contributed by atoms with van der Waals surface area (Å²) in [6.45, 7) is 3.30. The Morgan fingerprint density at radius 2 is 1.51 bits per heavy atom. The highest BCUT2D eigenvalue weighted by Gasteiger charge is 2.22. The van der Waals surface area contributed by atoms with Crippen molar-refractivity contribution in [3.8, 4) is 11.1 Å². The number of carboxylic acid groups (broad SMARTS) is 2. The number of carbonyl (C=O) groups is 3. The lowest BCUT2D eigenvalue weighted by Crippen LogP contribution is -2.33. The monoisotopic (exact) mass is 555 g/mol. The van der Waals surface area contributed by atoms with E-state index in [-0.39, 0.29) is 0 Å². The van der Waals surface area contributed by atoms with Crippen LogP contribution in [0.3, 0.4) is 0 Å². The van der Waals surface area contributed by atoms with Crippen molar-refractivity contribution in [2.45, 2.75) is 32.2 Å². The van der Waals surface area contributed by atoms with E-state index in [0.717, 1.165) is 60.3 Å². The third-order valence-corrected chi connectivity index (χ3v) is 7.17. The quantitative estimate of drug-likeness (QED) is 0.240. The maximum Gasteiger partial charge on any atom is 0.328 e. The molecule has 212 valence electrons. The Hall–Kier alpha value is -4.76. The number of likely N-dealkylation sites (tertiary alicyclic amines) is 1. The number of amides is 1. The summed E-state index contributed by atoms with van der Waals surface area (Å²) in [7, 11) is 0. The highest BCUT2D eigenvalue weighted by molar-refractivity contribution is 6.05. The third-order valence-electron chi connectivity index (χ3n) is 7.17. The highest BCUT2D eigenvalue weighted by atomic mass is 16.5. The zero-order chi connectivity index (χ0) is 29.2. The number of nitrogens with zero attached hydrogens (tertiary/aromatic N) is 2. The normalized spacial score (nSPS) is 14.0. The van der Waals surface area contributed by atoms with E-state index in [1.807, 2.05) is 36.4 Å². The van der Waals surface area contributed by atoms with Crippen molar-refractivity contribution in [3.63, 3.8) is 0 Å². The van der Waals surface area contributed by atoms with Crippen LogP contribution in [0.2, 0.25) is 0 Å². The lowest BCUT2D eigenvalue weighted by molar-refractivity contribution is -0.134. The standard InChI is InChI=1S/C28H29N3O2.C4H4O4/c29-28(32)24-10-5-4-9-22(24)23-11-6-12-26-27(23)25(30-33-26)14-13-20-15-17-31(18-16-20)19-21-7-2-1-3-8-21;5-3(6)1-2-4(7)8/h1-12,20H,13-19H2,(H2,29,32);1-2H,(H,5,6)(H,7,8)/b;2-1-. The first-order valence-corrected chi connectivity index (χ1v) is 13.5. The molecule has 0 saturated carbocycles. The summed E-state index contributed by atoms with van der Waals surface area (Å²) in [5.41, 5.74) is 11.0. The van der Waals surface area contributed by atoms with E-state index in [4.69, 9.17) is 20.5 Å². The van der Waals surface area contributed by atoms with Gasteiger partial charge in [0.2, 0.25) is 5.91 Å². The molecule has 5 rings (SSSR count). The van der Waals surface area contributed by atoms with Crippen LogP contribution in [0.5, 0.6) is 0 Å². The van der Waals surface area contributed by atoms with Gasteiger partial charge < -0.3 is 20.5 Å². The molecule has 0 radical (unpaired) electrons. The minimum Gasteiger partial charge on any atom is -0.478 e. The predicted octanol–water partition coefficient (Wildman–Crippen LogP) is 5.15. The molecule has 4 N–H and O–H groups in total. The van der Waals surface area contributed by atoms with Crippen LogP contribution in [-0.4, -0.2) is 51.2 Å². The Morgan fingerprint density at radius 3 is 2.17 bits per heavy atom. The van der Waals surface area contributed by atoms with Gasteiger partial charge >= 0.3 is 11.9 Å². The molecule has 1 aliphatic rings. The van der Waals surface area contributed by atoms with E-state index in [0.29, 0.717) is 23.6 Å². The van der Waals surface area contributed by atoms with Crippen molar-refractivity contribution >= 4 is 28.8 Å². The first-order valence-electron chi connectivity index (χ1n) is 13.5. The molecule has 0 unspecified atom stereocenters. The number of aryl methyl sites for hydroxylation is 1. The van der Waals surface area contributed by atoms with Gasteiger partial charge in [0.15, 0.2) is 5.58 Å². The highest BCUT2D eigenvalue weighted by Crippen LogP contribution is 2.34. The Kier molecular flexibility index (Phi) is 10.0. The minimum absolute atomic E-state index is 0.428. The molecule has 0 atom stereocenters. The van der Waals surface area contributed by atoms with Crippen LogP contribution in [0.25, 0.3) is 22.1 Å². The molecule has 9 heteroatoms. The average molecular weight is 556 g/mol. The molecular formula is C32H33N3O6. The number of aromatic nitrogens is 1. The number of primary amides is 1. The zero-order valence-corrected chi connectivity index (χ0v) is 22.6. The fourth-order valence-corrected chi connectivity index (χ4v) is 5.14. The Bertz CT molecular complexity index is 1500. The number of benzene rings is 3. The molecule has 1 fully saturated rings. The van der Waals surface area contributed by atoms with Gasteiger partial charge in [-0.05, 0) is 73.5 Å². The molecule has 3 aromatic carbocycles. The molecule has 1 amide bonds. The fraction of sp³-hybridized carbons (Fsp3) is 0.250. The van der Waals surface area contributed by atoms with Crippen molar-refractivity contribution in [3.05, 3.63) is 102 Å². The maximum atomic E-state index is 12.0. The van der Waals surface area contributed by atoms with Crippen LogP contribution >= 0.6 is 0 Å². The number of fused-ring (bicyclic) bond motifs is 1. The molecule has 1 aromatic heterocycles. The maximum absolute atomic E-state index is 12.0. The van der Waals surface area contributed by atoms with Gasteiger partial charge in [-0.15, -0.1) is 0 Å². The number of carboxylic acids is 2. The van der Waals surface area contributed by atoms with Gasteiger partial charge in [0, 0.05) is 24.3 Å². The number of hydrogen-bond donors (Lipinski definition) is 3. The van der Waals surface area contributed by atoms with Gasteiger partial charge in [0.1, 0.15) is 0 Å². The van der Waals surface area contributed by atoms with Gasteiger partial charge in [-0.3, -0.25) is 9.69 Å². The second-order valence-electron chi connectivity index (χ2n) is 9.97. The molecule has 1 aliphatic heterocycles. The van der Waals surface area contributed by atoms with Crippen LogP contribution < -0.4 is 5.73 Å². The topological polar surface area (TPSA) is 147 Å². The largest absolute Gasteiger partial charge is 0.478 e. The summed E-state index contributed by atoms with van der Waals surface area (Å²) in [4.78, 5) is 33.7. The third kappa shape index (κ3) is 8.12. The van der Waals surface area contributed by atoms with Crippen LogP contribution in [0.4, 0.5) is 0 Å². The smallest absolute Gasteiger partial charge is 0.328 e. The Balaban J connectivity index is 0.000000426. The number of aliphatic carboxylic acids is 2. The fourth-order valence-electron chi connectivity index (χ4n) is 5.14. The Labute approximate surface area is 237 Å². The molecule has 4 aromatic rings. The van der Waals surface area contributed by atoms with Crippen LogP contribution in [-0.2, 0) is 22.6 Å². The number of carbonyl (C=O) groups excluding carboxylic acids is 1. The zero-order valence-electron chi connectivity index (χ0n) is 22.6. The van der Waals surface area contributed by atoms with Crippen LogP contribution in [0.1, 0.15) is 40.9 Å². The summed E-state index contributed by atoms with van der Waals surface area (Å²) in [5.74, 6) is -2.25. The van der Waals surface area contributed by atoms with E-state index in [2.05, 4.69) is 40.4 Å². The van der Waals surface area contributed by atoms with Crippen molar-refractivity contribution in [2.24, 2.45) is 11.7 Å². The first kappa shape index (κ1) is 29.2. The van der Waals surface area contributed by atoms with Crippen molar-refractivity contribution < 1.29 is 29.1 Å². The van der Waals surface area contributed by atoms with Gasteiger partial charge in [-0.2, -0.15) is 0 Å². The Morgan fingerprint density at radius 1 is 0.878 bits per heavy atom. The molecule has 2 heterocycles. The summed E-state index contributed by atoms with van der Waals surface area (Å²) in [5, 5.41) is 21.0. The van der Waals surface area contributed by atoms with E-state index in [1.165, 1.54) is 18.4 Å². The molecule has 1 saturated heterocycles. The van der Waals surface area contributed by atoms with Crippen molar-refractivity contribution in [2.75, 3.05) is 13.1 Å². The molecule has 41 heavy (non-hydrogen) atoms. The molecule has 0 aliphatic carbocycles. The van der Waals surface area contributed by atoms with Gasteiger partial charge in [0.05, 0.1) is 11.1 Å². The first-order chi connectivity index (χ1) is 19.8. The number of nitrogens with two attached hydrogens (primary N) is 1. The lowest BCUT2D eigenvalue weighted by Gasteiger charge is -2.32. The number of piperidine rings is 1. The lowest BCUT2D eigenvalue weighted by atomic mass is 9.89. The second-order valence-corrected chi connectivity index (χ2v) is 9.97. The summed E-state index contributed by atoms with van der Waals surface area (Å²) in [6, 6.07) is 24.1. The van der Waals surface area contributed by atoms with Crippen LogP contribution in [0, 0.1) is 5.92 Å². The summed E-state index contributed by atoms with van der Waals surface area (Å²) in [6.07, 6.45) is 5.49. The number of rotatable bonds is 9. The summed E-state index contributed by atoms with van der Waals surface area (Å²) < 4.78 is 5.66. The molecule has 0 spiro atoms. The molecule has 0 bridgehead atoms. The van der Waals surface area contributed by atoms with Gasteiger partial charge in [-0.25, -0.2) is 9.59 Å². The average Bonchev–Trinajstić information content (AvgIpc) is 3.40. The van der Waals surface area contributed by atoms with E-state index in [1.54, 1.807) is 6.07 Å². The van der Waals surface area contributed by atoms with Crippen LogP contribution in [0.15, 0.2) is 89.5 Å². The van der Waals surface area contributed by atoms with Gasteiger partial charge in [0.25, 0.3) is 0 Å². The molecular weight excluding hydrogens is 522 g/mol. The van der Waals surface area contributed by atoms with Crippen molar-refractivity contribution in [1.82, 2.24) is 10.1 Å². The van der Waals surface area contributed by atoms with Gasteiger partial charge in [-0.1, -0.05) is 65.8 Å².